The third kappa shape index (κ3) is 5.10. The Morgan fingerprint density at radius 2 is 1.89 bits per heavy atom. The normalized spacial score (nSPS) is 18.5. The highest BCUT2D eigenvalue weighted by atomic mass is 127. The molecule has 0 radical (unpaired) electrons. The van der Waals surface area contributed by atoms with Crippen LogP contribution >= 0.6 is 22.9 Å². The standard InChI is InChI=1S/C20H23ClN2O2S.HI/c1-3-23(2)9-8-16-18(12-23)26-17(19(16)20(22)25)11-15(24)10-13-4-6-14(21)7-5-13;/h4-7H,3,8-12H2,1-2H3,(H-,22,25);1H. The second-order valence-electron chi connectivity index (χ2n) is 7.25. The number of carbonyl (C=O) groups is 2. The number of fused-ring (bicyclic) bond motifs is 1. The Bertz CT molecular complexity index is 850. The third-order valence-electron chi connectivity index (χ3n) is 5.27. The molecule has 1 aromatic heterocycles. The van der Waals surface area contributed by atoms with Crippen LogP contribution in [0.2, 0.25) is 5.02 Å². The van der Waals surface area contributed by atoms with Crippen LogP contribution in [0.3, 0.4) is 0 Å². The Hall–Kier alpha value is -0.960. The predicted molar refractivity (Wildman–Crippen MR) is 106 cm³/mol. The zero-order chi connectivity index (χ0) is 18.9. The number of halogens is 2. The highest BCUT2D eigenvalue weighted by Crippen LogP contribution is 2.35. The number of amides is 1. The number of quaternary nitrogens is 1. The summed E-state index contributed by atoms with van der Waals surface area (Å²) >= 11 is 7.48. The molecule has 0 saturated heterocycles. The van der Waals surface area contributed by atoms with Gasteiger partial charge in [0.2, 0.25) is 5.91 Å². The van der Waals surface area contributed by atoms with Gasteiger partial charge in [-0.15, -0.1) is 11.3 Å². The first-order chi connectivity index (χ1) is 12.3. The Balaban J connectivity index is 0.00000261. The van der Waals surface area contributed by atoms with Crippen LogP contribution < -0.4 is 29.7 Å². The van der Waals surface area contributed by atoms with Crippen molar-refractivity contribution >= 4 is 34.6 Å². The van der Waals surface area contributed by atoms with Gasteiger partial charge in [-0.3, -0.25) is 9.59 Å². The van der Waals surface area contributed by atoms with Crippen molar-refractivity contribution in [2.45, 2.75) is 32.7 Å². The van der Waals surface area contributed by atoms with Crippen molar-refractivity contribution in [3.8, 4) is 0 Å². The molecule has 2 heterocycles. The van der Waals surface area contributed by atoms with Crippen molar-refractivity contribution in [2.24, 2.45) is 5.73 Å². The van der Waals surface area contributed by atoms with Crippen LogP contribution in [0.15, 0.2) is 24.3 Å². The van der Waals surface area contributed by atoms with Crippen molar-refractivity contribution in [3.63, 3.8) is 0 Å². The number of benzene rings is 1. The lowest BCUT2D eigenvalue weighted by atomic mass is 9.97. The van der Waals surface area contributed by atoms with Gasteiger partial charge in [0.25, 0.3) is 0 Å². The minimum absolute atomic E-state index is 0. The molecular weight excluding hydrogens is 495 g/mol. The maximum atomic E-state index is 12.6. The summed E-state index contributed by atoms with van der Waals surface area (Å²) in [7, 11) is 2.23. The van der Waals surface area contributed by atoms with E-state index in [1.807, 2.05) is 12.1 Å². The highest BCUT2D eigenvalue weighted by Gasteiger charge is 2.33. The summed E-state index contributed by atoms with van der Waals surface area (Å²) in [4.78, 5) is 26.7. The molecule has 1 atom stereocenters. The molecule has 1 aromatic carbocycles. The van der Waals surface area contributed by atoms with Crippen LogP contribution in [-0.2, 0) is 30.6 Å². The van der Waals surface area contributed by atoms with Gasteiger partial charge in [-0.1, -0.05) is 23.7 Å². The Labute approximate surface area is 186 Å². The number of hydrogen-bond donors (Lipinski definition) is 1. The highest BCUT2D eigenvalue weighted by molar-refractivity contribution is 7.12. The second kappa shape index (κ2) is 9.03. The fraction of sp³-hybridized carbons (Fsp3) is 0.400. The lowest BCUT2D eigenvalue weighted by molar-refractivity contribution is -0.922. The third-order valence-corrected chi connectivity index (χ3v) is 6.74. The summed E-state index contributed by atoms with van der Waals surface area (Å²) < 4.78 is 0.962. The average molecular weight is 519 g/mol. The molecule has 3 rings (SSSR count). The molecule has 0 saturated carbocycles. The van der Waals surface area contributed by atoms with E-state index in [1.165, 1.54) is 4.88 Å². The molecule has 1 aliphatic heterocycles. The van der Waals surface area contributed by atoms with Crippen molar-refractivity contribution in [1.29, 1.82) is 0 Å². The molecule has 0 bridgehead atoms. The lowest BCUT2D eigenvalue weighted by Crippen LogP contribution is -3.00. The van der Waals surface area contributed by atoms with Crippen molar-refractivity contribution in [3.05, 3.63) is 55.7 Å². The number of primary amides is 1. The zero-order valence-corrected chi connectivity index (χ0v) is 19.3. The van der Waals surface area contributed by atoms with Gasteiger partial charge in [0.1, 0.15) is 12.3 Å². The maximum Gasteiger partial charge on any atom is 0.250 e. The summed E-state index contributed by atoms with van der Waals surface area (Å²) in [6.07, 6.45) is 1.44. The number of likely N-dealkylation sites (N-methyl/N-ethyl adjacent to an activating group) is 1. The Morgan fingerprint density at radius 1 is 1.22 bits per heavy atom. The molecule has 7 heteroatoms. The minimum atomic E-state index is -0.413. The molecule has 1 amide bonds. The van der Waals surface area contributed by atoms with E-state index in [4.69, 9.17) is 17.3 Å². The van der Waals surface area contributed by atoms with Gasteiger partial charge in [0, 0.05) is 29.2 Å². The van der Waals surface area contributed by atoms with Crippen LogP contribution in [-0.4, -0.2) is 36.3 Å². The first-order valence-corrected chi connectivity index (χ1v) is 10.0. The van der Waals surface area contributed by atoms with Crippen LogP contribution in [0.4, 0.5) is 0 Å². The average Bonchev–Trinajstić information content (AvgIpc) is 2.93. The van der Waals surface area contributed by atoms with Gasteiger partial charge in [0.05, 0.1) is 30.6 Å². The topological polar surface area (TPSA) is 60.2 Å². The number of nitrogens with two attached hydrogens (primary N) is 1. The van der Waals surface area contributed by atoms with Gasteiger partial charge in [0.15, 0.2) is 0 Å². The molecule has 2 aromatic rings. The smallest absolute Gasteiger partial charge is 0.250 e. The predicted octanol–water partition coefficient (Wildman–Crippen LogP) is 0.381. The fourth-order valence-electron chi connectivity index (χ4n) is 3.52. The van der Waals surface area contributed by atoms with Gasteiger partial charge in [-0.2, -0.15) is 0 Å². The van der Waals surface area contributed by atoms with Gasteiger partial charge in [-0.25, -0.2) is 0 Å². The maximum absolute atomic E-state index is 12.6. The molecule has 2 N–H and O–H groups in total. The van der Waals surface area contributed by atoms with Gasteiger partial charge >= 0.3 is 0 Å². The molecule has 0 fully saturated rings. The van der Waals surface area contributed by atoms with E-state index in [0.29, 0.717) is 17.0 Å². The van der Waals surface area contributed by atoms with Gasteiger partial charge < -0.3 is 34.2 Å². The Kier molecular flexibility index (Phi) is 7.47. The van der Waals surface area contributed by atoms with Crippen molar-refractivity contribution in [1.82, 2.24) is 0 Å². The summed E-state index contributed by atoms with van der Waals surface area (Å²) in [6, 6.07) is 7.29. The molecule has 0 aliphatic carbocycles. The number of ketones is 1. The fourth-order valence-corrected chi connectivity index (χ4v) is 5.21. The Morgan fingerprint density at radius 3 is 2.48 bits per heavy atom. The largest absolute Gasteiger partial charge is 1.00 e. The molecule has 146 valence electrons. The quantitative estimate of drug-likeness (QED) is 0.444. The number of nitrogens with zero attached hydrogens (tertiary/aromatic N) is 1. The number of hydrogen-bond acceptors (Lipinski definition) is 3. The lowest BCUT2D eigenvalue weighted by Gasteiger charge is -2.36. The summed E-state index contributed by atoms with van der Waals surface area (Å²) in [5.41, 5.74) is 8.26. The number of carbonyl (C=O) groups excluding carboxylic acids is 2. The van der Waals surface area contributed by atoms with Crippen molar-refractivity contribution in [2.75, 3.05) is 20.1 Å². The SMILES string of the molecule is CC[N+]1(C)CCc2c(sc(CC(=O)Cc3ccc(Cl)cc3)c2C(N)=O)C1.[I-]. The summed E-state index contributed by atoms with van der Waals surface area (Å²) in [5, 5.41) is 0.653. The van der Waals surface area contributed by atoms with E-state index < -0.39 is 5.91 Å². The van der Waals surface area contributed by atoms with E-state index in [-0.39, 0.29) is 36.2 Å². The number of rotatable bonds is 6. The second-order valence-corrected chi connectivity index (χ2v) is 8.88. The number of thiophene rings is 1. The van der Waals surface area contributed by atoms with E-state index in [1.54, 1.807) is 23.5 Å². The van der Waals surface area contributed by atoms with Crippen LogP contribution in [0.5, 0.6) is 0 Å². The molecule has 0 spiro atoms. The molecular formula is C20H24ClIN2O2S. The minimum Gasteiger partial charge on any atom is -1.00 e. The number of Topliss-reactive ketones (excluding diaryl/α,β-unsaturated/α-hetero) is 1. The van der Waals surface area contributed by atoms with Crippen LogP contribution in [0, 0.1) is 0 Å². The first-order valence-electron chi connectivity index (χ1n) is 8.84. The molecule has 1 unspecified atom stereocenters. The van der Waals surface area contributed by atoms with Gasteiger partial charge in [-0.05, 0) is 30.2 Å². The van der Waals surface area contributed by atoms with E-state index in [0.717, 1.165) is 46.5 Å². The summed E-state index contributed by atoms with van der Waals surface area (Å²) in [6.45, 7) is 5.14. The van der Waals surface area contributed by atoms with E-state index >= 15 is 0 Å². The molecule has 27 heavy (non-hydrogen) atoms. The first kappa shape index (κ1) is 22.3. The van der Waals surface area contributed by atoms with Crippen molar-refractivity contribution < 1.29 is 38.0 Å². The van der Waals surface area contributed by atoms with E-state index in [9.17, 15) is 9.59 Å². The van der Waals surface area contributed by atoms with E-state index in [2.05, 4.69) is 14.0 Å². The summed E-state index contributed by atoms with van der Waals surface area (Å²) in [5.74, 6) is -0.328. The zero-order valence-electron chi connectivity index (χ0n) is 15.6. The van der Waals surface area contributed by atoms with Crippen LogP contribution in [0.25, 0.3) is 0 Å². The van der Waals surface area contributed by atoms with Crippen LogP contribution in [0.1, 0.15) is 38.2 Å². The molecule has 1 aliphatic rings. The molecule has 4 nitrogen and oxygen atoms in total. The monoisotopic (exact) mass is 518 g/mol.